The Labute approximate surface area is 154 Å². The molecule has 1 heterocycles. The first-order valence-corrected chi connectivity index (χ1v) is 8.93. The van der Waals surface area contributed by atoms with Gasteiger partial charge in [0.2, 0.25) is 5.91 Å². The van der Waals surface area contributed by atoms with Crippen LogP contribution in [0.5, 0.6) is 0 Å². The summed E-state index contributed by atoms with van der Waals surface area (Å²) in [6, 6.07) is 13.1. The minimum atomic E-state index is -0.422. The number of hydrogen-bond acceptors (Lipinski definition) is 2. The van der Waals surface area contributed by atoms with Crippen LogP contribution in [0.1, 0.15) is 23.2 Å². The summed E-state index contributed by atoms with van der Waals surface area (Å²) < 4.78 is 14.2. The van der Waals surface area contributed by atoms with Crippen molar-refractivity contribution in [1.82, 2.24) is 4.90 Å². The van der Waals surface area contributed by atoms with E-state index in [0.29, 0.717) is 31.5 Å². The van der Waals surface area contributed by atoms with Crippen LogP contribution < -0.4 is 5.32 Å². The van der Waals surface area contributed by atoms with Gasteiger partial charge in [0.25, 0.3) is 5.91 Å². The highest BCUT2D eigenvalue weighted by Crippen LogP contribution is 2.22. The number of anilines is 1. The summed E-state index contributed by atoms with van der Waals surface area (Å²) in [6.07, 6.45) is 1.20. The number of amides is 2. The Balaban J connectivity index is 1.55. The summed E-state index contributed by atoms with van der Waals surface area (Å²) in [5.41, 5.74) is 1.10. The average Bonchev–Trinajstić information content (AvgIpc) is 2.63. The molecular weight excluding hydrogens is 387 g/mol. The first-order valence-electron chi connectivity index (χ1n) is 8.14. The second-order valence-electron chi connectivity index (χ2n) is 6.07. The van der Waals surface area contributed by atoms with E-state index in [1.807, 2.05) is 24.3 Å². The SMILES string of the molecule is O=C(Nc1ccc(Br)cc1)C1CCN(C(=O)c2cccc(F)c2)CC1. The van der Waals surface area contributed by atoms with Crippen molar-refractivity contribution >= 4 is 33.4 Å². The van der Waals surface area contributed by atoms with Crippen LogP contribution in [0.3, 0.4) is 0 Å². The molecule has 4 nitrogen and oxygen atoms in total. The van der Waals surface area contributed by atoms with Crippen LogP contribution in [0.15, 0.2) is 53.0 Å². The number of hydrogen-bond donors (Lipinski definition) is 1. The zero-order chi connectivity index (χ0) is 17.8. The third kappa shape index (κ3) is 4.45. The van der Waals surface area contributed by atoms with Gasteiger partial charge in [-0.1, -0.05) is 22.0 Å². The molecule has 0 atom stereocenters. The lowest BCUT2D eigenvalue weighted by Gasteiger charge is -2.31. The molecule has 0 unspecified atom stereocenters. The molecule has 2 aromatic carbocycles. The smallest absolute Gasteiger partial charge is 0.253 e. The molecule has 3 rings (SSSR count). The van der Waals surface area contributed by atoms with Gasteiger partial charge in [0.05, 0.1) is 0 Å². The molecule has 1 aliphatic rings. The zero-order valence-corrected chi connectivity index (χ0v) is 15.1. The number of halogens is 2. The topological polar surface area (TPSA) is 49.4 Å². The molecule has 0 radical (unpaired) electrons. The Hall–Kier alpha value is -2.21. The Kier molecular flexibility index (Phi) is 5.48. The maximum absolute atomic E-state index is 13.3. The number of rotatable bonds is 3. The largest absolute Gasteiger partial charge is 0.339 e. The van der Waals surface area contributed by atoms with E-state index in [0.717, 1.165) is 10.2 Å². The lowest BCUT2D eigenvalue weighted by molar-refractivity contribution is -0.121. The molecule has 1 saturated heterocycles. The van der Waals surface area contributed by atoms with E-state index in [-0.39, 0.29) is 17.7 Å². The van der Waals surface area contributed by atoms with Gasteiger partial charge in [-0.15, -0.1) is 0 Å². The second kappa shape index (κ2) is 7.78. The summed E-state index contributed by atoms with van der Waals surface area (Å²) >= 11 is 3.36. The molecule has 25 heavy (non-hydrogen) atoms. The molecule has 0 aromatic heterocycles. The van der Waals surface area contributed by atoms with Crippen molar-refractivity contribution in [2.75, 3.05) is 18.4 Å². The Morgan fingerprint density at radius 3 is 2.40 bits per heavy atom. The molecule has 1 aliphatic heterocycles. The highest BCUT2D eigenvalue weighted by molar-refractivity contribution is 9.10. The number of nitrogens with zero attached hydrogens (tertiary/aromatic N) is 1. The lowest BCUT2D eigenvalue weighted by Crippen LogP contribution is -2.41. The van der Waals surface area contributed by atoms with Crippen molar-refractivity contribution < 1.29 is 14.0 Å². The molecule has 6 heteroatoms. The van der Waals surface area contributed by atoms with Crippen molar-refractivity contribution in [2.24, 2.45) is 5.92 Å². The fourth-order valence-corrected chi connectivity index (χ4v) is 3.19. The number of piperidine rings is 1. The Morgan fingerprint density at radius 2 is 1.76 bits per heavy atom. The predicted molar refractivity (Wildman–Crippen MR) is 97.8 cm³/mol. The van der Waals surface area contributed by atoms with Crippen LogP contribution in [-0.4, -0.2) is 29.8 Å². The summed E-state index contributed by atoms with van der Waals surface area (Å²) in [6.45, 7) is 0.988. The van der Waals surface area contributed by atoms with Crippen molar-refractivity contribution in [3.63, 3.8) is 0 Å². The highest BCUT2D eigenvalue weighted by Gasteiger charge is 2.28. The van der Waals surface area contributed by atoms with E-state index in [1.165, 1.54) is 18.2 Å². The van der Waals surface area contributed by atoms with Crippen LogP contribution in [0.25, 0.3) is 0 Å². The first kappa shape index (κ1) is 17.6. The van der Waals surface area contributed by atoms with Gasteiger partial charge in [-0.2, -0.15) is 0 Å². The van der Waals surface area contributed by atoms with Crippen molar-refractivity contribution in [2.45, 2.75) is 12.8 Å². The average molecular weight is 405 g/mol. The summed E-state index contributed by atoms with van der Waals surface area (Å²) in [5.74, 6) is -0.763. The van der Waals surface area contributed by atoms with Gasteiger partial charge in [0, 0.05) is 34.7 Å². The molecule has 0 saturated carbocycles. The summed E-state index contributed by atoms with van der Waals surface area (Å²) in [4.78, 5) is 26.5. The van der Waals surface area contributed by atoms with Gasteiger partial charge in [-0.05, 0) is 55.3 Å². The molecule has 0 bridgehead atoms. The van der Waals surface area contributed by atoms with E-state index in [1.54, 1.807) is 11.0 Å². The fraction of sp³-hybridized carbons (Fsp3) is 0.263. The van der Waals surface area contributed by atoms with Gasteiger partial charge in [0.1, 0.15) is 5.82 Å². The number of benzene rings is 2. The van der Waals surface area contributed by atoms with E-state index >= 15 is 0 Å². The molecule has 0 spiro atoms. The van der Waals surface area contributed by atoms with Crippen LogP contribution in [0, 0.1) is 11.7 Å². The third-order valence-electron chi connectivity index (χ3n) is 4.34. The third-order valence-corrected chi connectivity index (χ3v) is 4.86. The molecule has 1 fully saturated rings. The van der Waals surface area contributed by atoms with Crippen molar-refractivity contribution in [3.05, 3.63) is 64.4 Å². The number of carbonyl (C=O) groups is 2. The highest BCUT2D eigenvalue weighted by atomic mass is 79.9. The minimum absolute atomic E-state index is 0.0276. The lowest BCUT2D eigenvalue weighted by atomic mass is 9.95. The van der Waals surface area contributed by atoms with Crippen LogP contribution in [0.4, 0.5) is 10.1 Å². The molecule has 2 amide bonds. The minimum Gasteiger partial charge on any atom is -0.339 e. The van der Waals surface area contributed by atoms with Gasteiger partial charge >= 0.3 is 0 Å². The number of carbonyl (C=O) groups excluding carboxylic acids is 2. The standard InChI is InChI=1S/C19H18BrFN2O2/c20-15-4-6-17(7-5-15)22-18(24)13-8-10-23(11-9-13)19(25)14-2-1-3-16(21)12-14/h1-7,12-13H,8-11H2,(H,22,24). The quantitative estimate of drug-likeness (QED) is 0.837. The molecule has 0 aliphatic carbocycles. The molecule has 2 aromatic rings. The monoisotopic (exact) mass is 404 g/mol. The summed E-state index contributed by atoms with van der Waals surface area (Å²) in [7, 11) is 0. The van der Waals surface area contributed by atoms with Crippen LogP contribution in [0.2, 0.25) is 0 Å². The van der Waals surface area contributed by atoms with Gasteiger partial charge in [-0.25, -0.2) is 4.39 Å². The number of likely N-dealkylation sites (tertiary alicyclic amines) is 1. The van der Waals surface area contributed by atoms with E-state index < -0.39 is 5.82 Å². The first-order chi connectivity index (χ1) is 12.0. The van der Waals surface area contributed by atoms with Gasteiger partial charge in [0.15, 0.2) is 0 Å². The van der Waals surface area contributed by atoms with Crippen LogP contribution >= 0.6 is 15.9 Å². The fourth-order valence-electron chi connectivity index (χ4n) is 2.93. The maximum atomic E-state index is 13.3. The van der Waals surface area contributed by atoms with E-state index in [9.17, 15) is 14.0 Å². The van der Waals surface area contributed by atoms with Gasteiger partial charge in [-0.3, -0.25) is 9.59 Å². The normalized spacial score (nSPS) is 15.0. The molecular formula is C19H18BrFN2O2. The predicted octanol–water partition coefficient (Wildman–Crippen LogP) is 4.08. The number of nitrogens with one attached hydrogen (secondary N) is 1. The summed E-state index contributed by atoms with van der Waals surface area (Å²) in [5, 5.41) is 2.91. The second-order valence-corrected chi connectivity index (χ2v) is 6.99. The Morgan fingerprint density at radius 1 is 1.08 bits per heavy atom. The van der Waals surface area contributed by atoms with Crippen LogP contribution in [-0.2, 0) is 4.79 Å². The Bertz CT molecular complexity index is 771. The zero-order valence-electron chi connectivity index (χ0n) is 13.5. The van der Waals surface area contributed by atoms with Gasteiger partial charge < -0.3 is 10.2 Å². The molecule has 1 N–H and O–H groups in total. The maximum Gasteiger partial charge on any atom is 0.253 e. The van der Waals surface area contributed by atoms with Crippen molar-refractivity contribution in [3.8, 4) is 0 Å². The van der Waals surface area contributed by atoms with Crippen molar-refractivity contribution in [1.29, 1.82) is 0 Å². The van der Waals surface area contributed by atoms with E-state index in [2.05, 4.69) is 21.2 Å². The molecule has 130 valence electrons. The van der Waals surface area contributed by atoms with E-state index in [4.69, 9.17) is 0 Å².